The quantitative estimate of drug-likeness (QED) is 0.715. The lowest BCUT2D eigenvalue weighted by Crippen LogP contribution is -2.48. The fourth-order valence-electron chi connectivity index (χ4n) is 4.22. The van der Waals surface area contributed by atoms with Crippen molar-refractivity contribution in [3.63, 3.8) is 0 Å². The van der Waals surface area contributed by atoms with Crippen LogP contribution < -0.4 is 0 Å². The van der Waals surface area contributed by atoms with E-state index in [1.165, 1.54) is 0 Å². The van der Waals surface area contributed by atoms with Crippen LogP contribution in [0, 0.1) is 11.8 Å². The van der Waals surface area contributed by atoms with Crippen molar-refractivity contribution >= 4 is 35.3 Å². The van der Waals surface area contributed by atoms with Gasteiger partial charge in [-0.15, -0.1) is 23.5 Å². The molecule has 2 fully saturated rings. The third-order valence-electron chi connectivity index (χ3n) is 5.64. The van der Waals surface area contributed by atoms with Crippen molar-refractivity contribution < 1.29 is 9.59 Å². The molecule has 2 heterocycles. The zero-order valence-electron chi connectivity index (χ0n) is 16.7. The number of carbonyl (C=O) groups is 2. The summed E-state index contributed by atoms with van der Waals surface area (Å²) in [5.41, 5.74) is 0. The lowest BCUT2D eigenvalue weighted by molar-refractivity contribution is -0.134. The first-order valence-electron chi connectivity index (χ1n) is 9.40. The predicted molar refractivity (Wildman–Crippen MR) is 109 cm³/mol. The van der Waals surface area contributed by atoms with E-state index < -0.39 is 0 Å². The normalized spacial score (nSPS) is 30.2. The third-order valence-corrected chi connectivity index (χ3v) is 8.44. The van der Waals surface area contributed by atoms with Crippen molar-refractivity contribution in [2.45, 2.75) is 83.6 Å². The molecule has 25 heavy (non-hydrogen) atoms. The van der Waals surface area contributed by atoms with Crippen molar-refractivity contribution in [2.24, 2.45) is 11.8 Å². The Bertz CT molecular complexity index is 510. The van der Waals surface area contributed by atoms with E-state index in [1.54, 1.807) is 13.8 Å². The van der Waals surface area contributed by atoms with E-state index in [1.807, 2.05) is 23.5 Å². The van der Waals surface area contributed by atoms with E-state index in [9.17, 15) is 9.59 Å². The summed E-state index contributed by atoms with van der Waals surface area (Å²) in [7, 11) is 0. The molecular weight excluding hydrogens is 352 g/mol. The van der Waals surface area contributed by atoms with Gasteiger partial charge in [-0.25, -0.2) is 0 Å². The van der Waals surface area contributed by atoms with E-state index in [4.69, 9.17) is 0 Å². The zero-order chi connectivity index (χ0) is 18.9. The van der Waals surface area contributed by atoms with Crippen LogP contribution in [0.15, 0.2) is 0 Å². The molecule has 2 saturated heterocycles. The van der Waals surface area contributed by atoms with E-state index in [0.29, 0.717) is 29.3 Å². The second-order valence-corrected chi connectivity index (χ2v) is 11.1. The number of carbonyl (C=O) groups excluding carboxylic acids is 2. The second kappa shape index (κ2) is 8.12. The molecule has 2 aliphatic heterocycles. The van der Waals surface area contributed by atoms with E-state index in [-0.39, 0.29) is 16.7 Å². The van der Waals surface area contributed by atoms with Crippen LogP contribution in [0.5, 0.6) is 0 Å². The molecule has 0 bridgehead atoms. The van der Waals surface area contributed by atoms with Gasteiger partial charge in [-0.2, -0.15) is 0 Å². The highest BCUT2D eigenvalue weighted by Crippen LogP contribution is 2.43. The van der Waals surface area contributed by atoms with Crippen LogP contribution in [0.3, 0.4) is 0 Å². The summed E-state index contributed by atoms with van der Waals surface area (Å²) >= 11 is 3.80. The van der Waals surface area contributed by atoms with Gasteiger partial charge in [0.2, 0.25) is 11.8 Å². The Kier molecular flexibility index (Phi) is 6.80. The first-order chi connectivity index (χ1) is 11.6. The van der Waals surface area contributed by atoms with Gasteiger partial charge in [0.1, 0.15) is 0 Å². The maximum Gasteiger partial charge on any atom is 0.220 e. The van der Waals surface area contributed by atoms with Gasteiger partial charge in [0, 0.05) is 37.4 Å². The number of amides is 2. The molecule has 0 aromatic rings. The second-order valence-electron chi connectivity index (χ2n) is 8.29. The highest BCUT2D eigenvalue weighted by molar-refractivity contribution is 8.00. The maximum atomic E-state index is 12.2. The first-order valence-corrected chi connectivity index (χ1v) is 11.4. The molecule has 0 radical (unpaired) electrons. The largest absolute Gasteiger partial charge is 0.327 e. The molecule has 0 saturated carbocycles. The smallest absolute Gasteiger partial charge is 0.220 e. The Balaban J connectivity index is 1.99. The van der Waals surface area contributed by atoms with Crippen molar-refractivity contribution in [3.05, 3.63) is 0 Å². The van der Waals surface area contributed by atoms with Crippen LogP contribution in [0.25, 0.3) is 0 Å². The molecule has 2 aliphatic rings. The topological polar surface area (TPSA) is 40.6 Å². The highest BCUT2D eigenvalue weighted by atomic mass is 32.2. The van der Waals surface area contributed by atoms with Gasteiger partial charge in [-0.3, -0.25) is 9.59 Å². The Morgan fingerprint density at radius 2 is 1.72 bits per heavy atom. The average Bonchev–Trinajstić information content (AvgIpc) is 3.05. The van der Waals surface area contributed by atoms with Crippen LogP contribution >= 0.6 is 23.5 Å². The van der Waals surface area contributed by atoms with Gasteiger partial charge in [0.25, 0.3) is 0 Å². The summed E-state index contributed by atoms with van der Waals surface area (Å²) in [6.45, 7) is 14.3. The molecule has 0 aromatic carbocycles. The maximum absolute atomic E-state index is 12.2. The molecule has 4 nitrogen and oxygen atoms in total. The van der Waals surface area contributed by atoms with E-state index in [2.05, 4.69) is 44.4 Å². The van der Waals surface area contributed by atoms with Crippen LogP contribution in [-0.4, -0.2) is 55.4 Å². The fraction of sp³-hybridized carbons (Fsp3) is 0.895. The molecule has 144 valence electrons. The molecule has 2 amide bonds. The molecule has 4 unspecified atom stereocenters. The molecule has 4 atom stereocenters. The number of rotatable bonds is 5. The summed E-state index contributed by atoms with van der Waals surface area (Å²) in [5, 5.41) is 0.292. The molecule has 2 rings (SSSR count). The summed E-state index contributed by atoms with van der Waals surface area (Å²) in [5.74, 6) is 3.38. The molecular formula is C19H34N2O2S2. The summed E-state index contributed by atoms with van der Waals surface area (Å²) in [4.78, 5) is 28.4. The summed E-state index contributed by atoms with van der Waals surface area (Å²) in [6, 6.07) is 0.660. The van der Waals surface area contributed by atoms with Gasteiger partial charge < -0.3 is 9.80 Å². The molecule has 0 aliphatic carbocycles. The fourth-order valence-corrected chi connectivity index (χ4v) is 7.41. The standard InChI is InChI=1S/C19H34N2O2S2/c1-12(2)16-10-24-18(20(16)14(4)22)9-8-13(3)17-11-25-19(6,7)21(17)15(5)23/h12-13,16-18H,8-11H2,1-7H3. The highest BCUT2D eigenvalue weighted by Gasteiger charge is 2.44. The minimum atomic E-state index is -0.110. The van der Waals surface area contributed by atoms with Crippen LogP contribution in [-0.2, 0) is 9.59 Å². The molecule has 6 heteroatoms. The van der Waals surface area contributed by atoms with Crippen molar-refractivity contribution in [2.75, 3.05) is 11.5 Å². The van der Waals surface area contributed by atoms with Gasteiger partial charge in [-0.1, -0.05) is 20.8 Å². The van der Waals surface area contributed by atoms with Gasteiger partial charge in [-0.05, 0) is 38.5 Å². The van der Waals surface area contributed by atoms with Crippen LogP contribution in [0.4, 0.5) is 0 Å². The number of hydrogen-bond acceptors (Lipinski definition) is 4. The monoisotopic (exact) mass is 386 g/mol. The minimum absolute atomic E-state index is 0.110. The number of nitrogens with zero attached hydrogens (tertiary/aromatic N) is 2. The Hall–Kier alpha value is -0.360. The number of hydrogen-bond donors (Lipinski definition) is 0. The minimum Gasteiger partial charge on any atom is -0.327 e. The Labute approximate surface area is 161 Å². The van der Waals surface area contributed by atoms with Crippen LogP contribution in [0.2, 0.25) is 0 Å². The number of thioether (sulfide) groups is 2. The molecule has 0 aromatic heterocycles. The Morgan fingerprint density at radius 1 is 1.08 bits per heavy atom. The van der Waals surface area contributed by atoms with Gasteiger partial charge in [0.05, 0.1) is 10.2 Å². The Morgan fingerprint density at radius 3 is 2.24 bits per heavy atom. The predicted octanol–water partition coefficient (Wildman–Crippen LogP) is 4.05. The first kappa shape index (κ1) is 20.9. The van der Waals surface area contributed by atoms with Gasteiger partial charge >= 0.3 is 0 Å². The van der Waals surface area contributed by atoms with Crippen LogP contribution in [0.1, 0.15) is 61.3 Å². The van der Waals surface area contributed by atoms with Crippen molar-refractivity contribution in [1.29, 1.82) is 0 Å². The lowest BCUT2D eigenvalue weighted by atomic mass is 9.95. The molecule has 0 N–H and O–H groups in total. The average molecular weight is 387 g/mol. The van der Waals surface area contributed by atoms with Crippen molar-refractivity contribution in [1.82, 2.24) is 9.80 Å². The van der Waals surface area contributed by atoms with E-state index >= 15 is 0 Å². The summed E-state index contributed by atoms with van der Waals surface area (Å²) < 4.78 is 0. The lowest BCUT2D eigenvalue weighted by Gasteiger charge is -2.37. The van der Waals surface area contributed by atoms with Gasteiger partial charge in [0.15, 0.2) is 0 Å². The third kappa shape index (κ3) is 4.49. The van der Waals surface area contributed by atoms with Crippen molar-refractivity contribution in [3.8, 4) is 0 Å². The SMILES string of the molecule is CC(=O)N1C(CCC(C)C2CSC(C)(C)N2C(C)=O)SCC1C(C)C. The summed E-state index contributed by atoms with van der Waals surface area (Å²) in [6.07, 6.45) is 2.07. The molecule has 0 spiro atoms. The zero-order valence-corrected chi connectivity index (χ0v) is 18.4. The van der Waals surface area contributed by atoms with E-state index in [0.717, 1.165) is 24.3 Å².